The summed E-state index contributed by atoms with van der Waals surface area (Å²) in [6, 6.07) is 7.99. The molecule has 2 aromatic rings. The number of ether oxygens (including phenoxy) is 2. The number of anilines is 1. The van der Waals surface area contributed by atoms with Gasteiger partial charge in [-0.05, 0) is 58.0 Å². The highest BCUT2D eigenvalue weighted by Gasteiger charge is 2.52. The second kappa shape index (κ2) is 7.51. The van der Waals surface area contributed by atoms with Gasteiger partial charge < -0.3 is 18.8 Å². The van der Waals surface area contributed by atoms with Crippen molar-refractivity contribution >= 4 is 28.3 Å². The summed E-state index contributed by atoms with van der Waals surface area (Å²) in [5, 5.41) is 0. The molecule has 0 spiro atoms. The number of hydrogen-bond acceptors (Lipinski definition) is 7. The second-order valence-electron chi connectivity index (χ2n) is 7.70. The molecule has 0 unspecified atom stereocenters. The van der Waals surface area contributed by atoms with Crippen LogP contribution in [0.5, 0.6) is 11.6 Å². The average molecular weight is 420 g/mol. The zero-order valence-electron chi connectivity index (χ0n) is 17.3. The van der Waals surface area contributed by atoms with E-state index in [-0.39, 0.29) is 10.8 Å². The molecule has 1 aromatic heterocycles. The molecule has 0 saturated carbocycles. The highest BCUT2D eigenvalue weighted by Crippen LogP contribution is 2.36. The summed E-state index contributed by atoms with van der Waals surface area (Å²) >= 11 is 0. The van der Waals surface area contributed by atoms with Gasteiger partial charge in [-0.15, -0.1) is 0 Å². The number of benzene rings is 1. The van der Waals surface area contributed by atoms with Crippen LogP contribution in [0.25, 0.3) is 0 Å². The highest BCUT2D eigenvalue weighted by molar-refractivity contribution is 7.92. The number of nitrogens with one attached hydrogen (secondary N) is 1. The number of methoxy groups -OCH3 is 2. The third-order valence-corrected chi connectivity index (χ3v) is 6.57. The summed E-state index contributed by atoms with van der Waals surface area (Å²) in [6.45, 7) is 7.69. The van der Waals surface area contributed by atoms with Crippen molar-refractivity contribution in [1.82, 2.24) is 4.98 Å². The van der Waals surface area contributed by atoms with Crippen LogP contribution in [0.1, 0.15) is 27.7 Å². The van der Waals surface area contributed by atoms with Crippen LogP contribution in [-0.4, -0.2) is 45.9 Å². The van der Waals surface area contributed by atoms with Crippen LogP contribution in [0.3, 0.4) is 0 Å². The number of hydrogen-bond donors (Lipinski definition) is 1. The number of aromatic nitrogens is 1. The Morgan fingerprint density at radius 3 is 2.10 bits per heavy atom. The Morgan fingerprint density at radius 2 is 1.59 bits per heavy atom. The smallest absolute Gasteiger partial charge is 0.496 e. The molecule has 10 heteroatoms. The van der Waals surface area contributed by atoms with Gasteiger partial charge in [-0.1, -0.05) is 0 Å². The van der Waals surface area contributed by atoms with E-state index in [4.69, 9.17) is 18.8 Å². The lowest BCUT2D eigenvalue weighted by Crippen LogP contribution is -2.41. The van der Waals surface area contributed by atoms with Gasteiger partial charge in [-0.25, -0.2) is 13.4 Å². The van der Waals surface area contributed by atoms with Gasteiger partial charge in [-0.2, -0.15) is 0 Å². The summed E-state index contributed by atoms with van der Waals surface area (Å²) in [5.74, 6) is 0.598. The van der Waals surface area contributed by atoms with Crippen LogP contribution >= 0.6 is 0 Å². The molecule has 0 amide bonds. The predicted octanol–water partition coefficient (Wildman–Crippen LogP) is 2.20. The second-order valence-corrected chi connectivity index (χ2v) is 9.35. The Bertz CT molecular complexity index is 976. The molecule has 156 valence electrons. The maximum Gasteiger partial charge on any atom is 0.496 e. The Labute approximate surface area is 171 Å². The minimum Gasteiger partial charge on any atom is -0.497 e. The first kappa shape index (κ1) is 21.4. The van der Waals surface area contributed by atoms with E-state index in [1.807, 2.05) is 27.7 Å². The maximum absolute atomic E-state index is 13.0. The zero-order chi connectivity index (χ0) is 21.4. The fourth-order valence-electron chi connectivity index (χ4n) is 2.77. The van der Waals surface area contributed by atoms with Crippen molar-refractivity contribution in [1.29, 1.82) is 0 Å². The van der Waals surface area contributed by atoms with Crippen molar-refractivity contribution in [3.05, 3.63) is 36.5 Å². The highest BCUT2D eigenvalue weighted by atomic mass is 32.2. The Kier molecular flexibility index (Phi) is 5.55. The molecule has 1 saturated heterocycles. The summed E-state index contributed by atoms with van der Waals surface area (Å²) in [5.41, 5.74) is -0.246. The van der Waals surface area contributed by atoms with E-state index in [0.29, 0.717) is 16.9 Å². The Morgan fingerprint density at radius 1 is 1.00 bits per heavy atom. The predicted molar refractivity (Wildman–Crippen MR) is 110 cm³/mol. The third-order valence-electron chi connectivity index (χ3n) is 5.19. The molecule has 0 aliphatic carbocycles. The van der Waals surface area contributed by atoms with E-state index >= 15 is 0 Å². The maximum atomic E-state index is 13.0. The van der Waals surface area contributed by atoms with Gasteiger partial charge >= 0.3 is 7.12 Å². The van der Waals surface area contributed by atoms with Gasteiger partial charge in [0.15, 0.2) is 0 Å². The average Bonchev–Trinajstić information content (AvgIpc) is 2.89. The first-order valence-electron chi connectivity index (χ1n) is 9.05. The quantitative estimate of drug-likeness (QED) is 0.716. The van der Waals surface area contributed by atoms with Gasteiger partial charge in [-0.3, -0.25) is 4.72 Å². The molecule has 8 nitrogen and oxygen atoms in total. The molecule has 0 bridgehead atoms. The van der Waals surface area contributed by atoms with Crippen LogP contribution in [0.4, 0.5) is 5.69 Å². The minimum atomic E-state index is -3.97. The lowest BCUT2D eigenvalue weighted by atomic mass is 9.80. The first-order chi connectivity index (χ1) is 13.5. The van der Waals surface area contributed by atoms with Crippen molar-refractivity contribution in [2.75, 3.05) is 18.9 Å². The van der Waals surface area contributed by atoms with Gasteiger partial charge in [0, 0.05) is 17.3 Å². The monoisotopic (exact) mass is 420 g/mol. The Balaban J connectivity index is 1.94. The first-order valence-corrected chi connectivity index (χ1v) is 10.5. The molecule has 1 aliphatic rings. The number of nitrogens with zero attached hydrogens (tertiary/aromatic N) is 1. The summed E-state index contributed by atoms with van der Waals surface area (Å²) in [7, 11) is -1.81. The van der Waals surface area contributed by atoms with Crippen molar-refractivity contribution in [3.63, 3.8) is 0 Å². The summed E-state index contributed by atoms with van der Waals surface area (Å²) in [4.78, 5) is 4.04. The summed E-state index contributed by atoms with van der Waals surface area (Å²) < 4.78 is 50.8. The van der Waals surface area contributed by atoms with E-state index < -0.39 is 28.3 Å². The van der Waals surface area contributed by atoms with E-state index in [1.54, 1.807) is 24.3 Å². The van der Waals surface area contributed by atoms with E-state index in [0.717, 1.165) is 0 Å². The molecule has 29 heavy (non-hydrogen) atoms. The van der Waals surface area contributed by atoms with Crippen molar-refractivity contribution in [2.24, 2.45) is 0 Å². The lowest BCUT2D eigenvalue weighted by Gasteiger charge is -2.32. The van der Waals surface area contributed by atoms with Crippen molar-refractivity contribution in [2.45, 2.75) is 43.8 Å². The van der Waals surface area contributed by atoms with E-state index in [1.165, 1.54) is 26.5 Å². The fourth-order valence-corrected chi connectivity index (χ4v) is 3.98. The molecule has 1 aliphatic heterocycles. The standard InChI is InChI=1S/C19H25BN2O6S/c1-18(2)19(3,4)28-20(27-18)13-11-16(17(26-6)21-12-13)29(23,24)22-14-7-9-15(25-5)10-8-14/h7-12,22H,1-6H3. The SMILES string of the molecule is COc1ccc(NS(=O)(=O)c2cc(B3OC(C)(C)C(C)(C)O3)cnc2OC)cc1. The zero-order valence-corrected chi connectivity index (χ0v) is 18.2. The van der Waals surface area contributed by atoms with Crippen molar-refractivity contribution in [3.8, 4) is 11.6 Å². The molecular formula is C19H25BN2O6S. The van der Waals surface area contributed by atoms with Crippen LogP contribution in [-0.2, 0) is 19.3 Å². The van der Waals surface area contributed by atoms with Gasteiger partial charge in [0.25, 0.3) is 10.0 Å². The topological polar surface area (TPSA) is 96.0 Å². The molecule has 2 heterocycles. The lowest BCUT2D eigenvalue weighted by molar-refractivity contribution is 0.00578. The summed E-state index contributed by atoms with van der Waals surface area (Å²) in [6.07, 6.45) is 1.49. The molecule has 1 N–H and O–H groups in total. The molecule has 0 radical (unpaired) electrons. The van der Waals surface area contributed by atoms with E-state index in [2.05, 4.69) is 9.71 Å². The largest absolute Gasteiger partial charge is 0.497 e. The van der Waals surface area contributed by atoms with Crippen LogP contribution < -0.4 is 19.7 Å². The molecule has 1 fully saturated rings. The molecular weight excluding hydrogens is 395 g/mol. The number of sulfonamides is 1. The minimum absolute atomic E-state index is 0.0220. The van der Waals surface area contributed by atoms with Gasteiger partial charge in [0.1, 0.15) is 10.6 Å². The van der Waals surface area contributed by atoms with Gasteiger partial charge in [0.2, 0.25) is 5.88 Å². The fraction of sp³-hybridized carbons (Fsp3) is 0.421. The molecule has 0 atom stereocenters. The molecule has 3 rings (SSSR count). The number of pyridine rings is 1. The van der Waals surface area contributed by atoms with Crippen LogP contribution in [0.2, 0.25) is 0 Å². The van der Waals surface area contributed by atoms with E-state index in [9.17, 15) is 8.42 Å². The Hall–Kier alpha value is -2.30. The van der Waals surface area contributed by atoms with Gasteiger partial charge in [0.05, 0.1) is 25.4 Å². The number of rotatable bonds is 6. The van der Waals surface area contributed by atoms with Crippen LogP contribution in [0, 0.1) is 0 Å². The van der Waals surface area contributed by atoms with Crippen LogP contribution in [0.15, 0.2) is 41.4 Å². The molecule has 1 aromatic carbocycles. The third kappa shape index (κ3) is 4.19. The van der Waals surface area contributed by atoms with Crippen molar-refractivity contribution < 1.29 is 27.2 Å². The normalized spacial score (nSPS) is 17.8.